The summed E-state index contributed by atoms with van der Waals surface area (Å²) in [6, 6.07) is 61.2. The van der Waals surface area contributed by atoms with Gasteiger partial charge in [0.25, 0.3) is 0 Å². The number of rotatable bonds is 6. The van der Waals surface area contributed by atoms with Gasteiger partial charge in [0.1, 0.15) is 0 Å². The second kappa shape index (κ2) is 12.7. The van der Waals surface area contributed by atoms with Crippen LogP contribution in [0.4, 0.5) is 0 Å². The molecule has 0 spiro atoms. The van der Waals surface area contributed by atoms with Crippen molar-refractivity contribution in [3.63, 3.8) is 0 Å². The fraction of sp³-hybridized carbons (Fsp3) is 0.0204. The van der Waals surface area contributed by atoms with Crippen LogP contribution in [-0.4, -0.2) is 9.13 Å². The van der Waals surface area contributed by atoms with Crippen molar-refractivity contribution >= 4 is 44.9 Å². The van der Waals surface area contributed by atoms with Crippen LogP contribution >= 0.6 is 0 Å². The zero-order chi connectivity index (χ0) is 34.3. The van der Waals surface area contributed by atoms with Crippen molar-refractivity contribution in [2.75, 3.05) is 0 Å². The Morgan fingerprint density at radius 2 is 0.980 bits per heavy atom. The molecule has 2 heterocycles. The van der Waals surface area contributed by atoms with Crippen molar-refractivity contribution in [2.45, 2.75) is 6.92 Å². The van der Waals surface area contributed by atoms with E-state index in [4.69, 9.17) is 0 Å². The van der Waals surface area contributed by atoms with Crippen molar-refractivity contribution in [3.05, 3.63) is 193 Å². The number of para-hydroxylation sites is 2. The summed E-state index contributed by atoms with van der Waals surface area (Å²) in [4.78, 5) is 0. The summed E-state index contributed by atoms with van der Waals surface area (Å²) in [5.41, 5.74) is 13.0. The first-order valence-electron chi connectivity index (χ1n) is 17.5. The van der Waals surface area contributed by atoms with E-state index in [1.54, 1.807) is 0 Å². The number of hydrogen-bond acceptors (Lipinski definition) is 0. The van der Waals surface area contributed by atoms with Crippen molar-refractivity contribution in [3.8, 4) is 44.8 Å². The number of nitrogens with zero attached hydrogens (tertiary/aromatic N) is 2. The molecule has 7 aromatic carbocycles. The van der Waals surface area contributed by atoms with Crippen molar-refractivity contribution in [1.29, 1.82) is 0 Å². The van der Waals surface area contributed by atoms with Gasteiger partial charge in [-0.25, -0.2) is 0 Å². The van der Waals surface area contributed by atoms with E-state index in [0.29, 0.717) is 0 Å². The summed E-state index contributed by atoms with van der Waals surface area (Å²) in [6.07, 6.45) is 6.28. The van der Waals surface area contributed by atoms with Crippen molar-refractivity contribution in [1.82, 2.24) is 9.13 Å². The number of hydrogen-bond donors (Lipinski definition) is 0. The maximum atomic E-state index is 4.13. The third-order valence-corrected chi connectivity index (χ3v) is 10.0. The van der Waals surface area contributed by atoms with Gasteiger partial charge < -0.3 is 9.13 Å². The Morgan fingerprint density at radius 3 is 1.57 bits per heavy atom. The van der Waals surface area contributed by atoms with Crippen LogP contribution in [0.2, 0.25) is 0 Å². The molecule has 2 nitrogen and oxygen atoms in total. The van der Waals surface area contributed by atoms with Crippen molar-refractivity contribution < 1.29 is 0 Å². The molecule has 0 aliphatic carbocycles. The van der Waals surface area contributed by atoms with Gasteiger partial charge in [-0.15, -0.1) is 0 Å². The monoisotopic (exact) mass is 652 g/mol. The van der Waals surface area contributed by atoms with Gasteiger partial charge in [0.15, 0.2) is 0 Å². The third-order valence-electron chi connectivity index (χ3n) is 10.0. The zero-order valence-corrected chi connectivity index (χ0v) is 28.5. The van der Waals surface area contributed by atoms with Crippen molar-refractivity contribution in [2.24, 2.45) is 0 Å². The molecule has 0 atom stereocenters. The maximum absolute atomic E-state index is 4.13. The van der Waals surface area contributed by atoms with E-state index in [2.05, 4.69) is 205 Å². The van der Waals surface area contributed by atoms with Gasteiger partial charge in [-0.2, -0.15) is 0 Å². The Morgan fingerprint density at radius 1 is 0.451 bits per heavy atom. The average molecular weight is 653 g/mol. The predicted molar refractivity (Wildman–Crippen MR) is 218 cm³/mol. The smallest absolute Gasteiger partial charge is 0.0641 e. The predicted octanol–water partition coefficient (Wildman–Crippen LogP) is 11.5. The van der Waals surface area contributed by atoms with Crippen LogP contribution in [0, 0.1) is 0 Å². The number of fused-ring (bicyclic) bond motifs is 5. The molecule has 0 aliphatic heterocycles. The minimum absolute atomic E-state index is 1.11. The third kappa shape index (κ3) is 5.12. The van der Waals surface area contributed by atoms with Gasteiger partial charge in [-0.05, 0) is 101 Å². The van der Waals surface area contributed by atoms with Gasteiger partial charge >= 0.3 is 0 Å². The van der Waals surface area contributed by atoms with Gasteiger partial charge in [0.05, 0.1) is 21.9 Å². The standard InChI is InChI=1S/C49H36N2/c1-3-16-45-42(4-2)48-47(30-29-44-43-23-14-15-24-46(43)51(49(44)48)40-21-12-7-13-22-40)50(45)41-27-25-36(26-28-41)39-32-37(34-17-8-5-9-18-34)31-38(33-39)35-19-10-6-11-20-35/h3-33H,1H2,2H3/b42-4+,45-16+. The summed E-state index contributed by atoms with van der Waals surface area (Å²) in [7, 11) is 0. The van der Waals surface area contributed by atoms with E-state index in [9.17, 15) is 0 Å². The molecule has 9 rings (SSSR count). The van der Waals surface area contributed by atoms with Crippen LogP contribution < -0.4 is 10.6 Å². The molecule has 2 heteroatoms. The summed E-state index contributed by atoms with van der Waals surface area (Å²) in [5, 5.41) is 6.04. The van der Waals surface area contributed by atoms with Crippen LogP contribution in [0.15, 0.2) is 183 Å². The van der Waals surface area contributed by atoms with Crippen LogP contribution in [0.3, 0.4) is 0 Å². The van der Waals surface area contributed by atoms with Gasteiger partial charge in [-0.3, -0.25) is 0 Å². The highest BCUT2D eigenvalue weighted by Gasteiger charge is 2.19. The Balaban J connectivity index is 1.27. The highest BCUT2D eigenvalue weighted by atomic mass is 15.0. The first-order chi connectivity index (χ1) is 25.2. The molecule has 0 unspecified atom stereocenters. The Hall–Kier alpha value is -6.64. The summed E-state index contributed by atoms with van der Waals surface area (Å²) >= 11 is 0. The lowest BCUT2D eigenvalue weighted by Crippen LogP contribution is -2.28. The largest absolute Gasteiger partial charge is 0.309 e. The Bertz CT molecular complexity index is 2780. The number of allylic oxidation sites excluding steroid dienone is 1. The fourth-order valence-corrected chi connectivity index (χ4v) is 7.76. The first-order valence-corrected chi connectivity index (χ1v) is 17.5. The van der Waals surface area contributed by atoms with E-state index in [0.717, 1.165) is 22.2 Å². The van der Waals surface area contributed by atoms with E-state index >= 15 is 0 Å². The SMILES string of the molecule is C=C/C=c1\c(=C/C)c2c(ccc3c4ccccc4n(-c4ccccc4)c32)n1-c1ccc(-c2cc(-c3ccccc3)cc(-c3ccccc3)c2)cc1. The highest BCUT2D eigenvalue weighted by Crippen LogP contribution is 2.37. The molecular formula is C49H36N2. The quantitative estimate of drug-likeness (QED) is 0.169. The van der Waals surface area contributed by atoms with E-state index in [1.165, 1.54) is 65.8 Å². The molecule has 0 N–H and O–H groups in total. The number of aromatic nitrogens is 2. The molecule has 0 aliphatic rings. The molecule has 242 valence electrons. The topological polar surface area (TPSA) is 9.86 Å². The lowest BCUT2D eigenvalue weighted by atomic mass is 9.93. The van der Waals surface area contributed by atoms with E-state index in [-0.39, 0.29) is 0 Å². The Labute approximate surface area is 297 Å². The van der Waals surface area contributed by atoms with E-state index < -0.39 is 0 Å². The second-order valence-electron chi connectivity index (χ2n) is 12.9. The molecule has 51 heavy (non-hydrogen) atoms. The maximum Gasteiger partial charge on any atom is 0.0641 e. The lowest BCUT2D eigenvalue weighted by Gasteiger charge is -2.13. The van der Waals surface area contributed by atoms with Crippen LogP contribution in [0.5, 0.6) is 0 Å². The fourth-order valence-electron chi connectivity index (χ4n) is 7.76. The lowest BCUT2D eigenvalue weighted by molar-refractivity contribution is 1.07. The normalized spacial score (nSPS) is 12.3. The summed E-state index contributed by atoms with van der Waals surface area (Å²) < 4.78 is 4.81. The summed E-state index contributed by atoms with van der Waals surface area (Å²) in [6.45, 7) is 6.27. The average Bonchev–Trinajstić information content (AvgIpc) is 3.71. The summed E-state index contributed by atoms with van der Waals surface area (Å²) in [5.74, 6) is 0. The van der Waals surface area contributed by atoms with Gasteiger partial charge in [0, 0.05) is 32.8 Å². The van der Waals surface area contributed by atoms with Crippen LogP contribution in [0.25, 0.3) is 89.6 Å². The molecule has 0 bridgehead atoms. The molecule has 9 aromatic rings. The molecule has 0 amide bonds. The minimum Gasteiger partial charge on any atom is -0.309 e. The van der Waals surface area contributed by atoms with Gasteiger partial charge in [0.2, 0.25) is 0 Å². The van der Waals surface area contributed by atoms with Gasteiger partial charge in [-0.1, -0.05) is 134 Å². The van der Waals surface area contributed by atoms with Crippen LogP contribution in [-0.2, 0) is 0 Å². The minimum atomic E-state index is 1.11. The highest BCUT2D eigenvalue weighted by molar-refractivity contribution is 6.18. The number of benzene rings is 7. The molecular weight excluding hydrogens is 617 g/mol. The molecule has 0 radical (unpaired) electrons. The van der Waals surface area contributed by atoms with Crippen LogP contribution in [0.1, 0.15) is 6.92 Å². The molecule has 0 saturated heterocycles. The molecule has 0 fully saturated rings. The van der Waals surface area contributed by atoms with E-state index in [1.807, 2.05) is 6.08 Å². The second-order valence-corrected chi connectivity index (χ2v) is 12.9. The zero-order valence-electron chi connectivity index (χ0n) is 28.5. The molecule has 0 saturated carbocycles. The molecule has 2 aromatic heterocycles. The first kappa shape index (κ1) is 30.4. The Kier molecular flexibility index (Phi) is 7.56.